The van der Waals surface area contributed by atoms with Crippen LogP contribution in [-0.4, -0.2) is 0 Å². The molecule has 0 aromatic rings. The van der Waals surface area contributed by atoms with Gasteiger partial charge in [0.05, 0.1) is 0 Å². The maximum Gasteiger partial charge on any atom is 0 e. The summed E-state index contributed by atoms with van der Waals surface area (Å²) in [7, 11) is 0. The largest absolute Gasteiger partial charge is 2.00 e. The maximum atomic E-state index is 0. The molecule has 0 amide bonds. The van der Waals surface area contributed by atoms with Crippen LogP contribution in [-0.2, 0) is 96.1 Å². The SMILES string of the molecule is [S-2].[S-2].[S-2].[S-2].[W].[W]. The fourth-order valence-corrected chi connectivity index (χ4v) is 0. The second-order valence-corrected chi connectivity index (χ2v) is 0. The summed E-state index contributed by atoms with van der Waals surface area (Å²) in [6.07, 6.45) is 0. The van der Waals surface area contributed by atoms with E-state index in [2.05, 4.69) is 0 Å². The first-order valence-corrected chi connectivity index (χ1v) is 0. The molecule has 0 saturated heterocycles. The fourth-order valence-electron chi connectivity index (χ4n) is 0. The minimum Gasteiger partial charge on any atom is -2.00 e. The second kappa shape index (κ2) is 46.3. The van der Waals surface area contributed by atoms with Crippen LogP contribution in [0.2, 0.25) is 0 Å². The smallest absolute Gasteiger partial charge is 0 e. The van der Waals surface area contributed by atoms with Crippen LogP contribution in [0.4, 0.5) is 0 Å². The molecular weight excluding hydrogens is 496 g/mol. The van der Waals surface area contributed by atoms with Gasteiger partial charge in [-0.05, 0) is 0 Å². The summed E-state index contributed by atoms with van der Waals surface area (Å²) in [5, 5.41) is 0. The molecule has 0 unspecified atom stereocenters. The Morgan fingerprint density at radius 1 is 0.333 bits per heavy atom. The van der Waals surface area contributed by atoms with Gasteiger partial charge in [0.25, 0.3) is 0 Å². The Kier molecular flexibility index (Phi) is 532. The molecule has 0 aliphatic carbocycles. The second-order valence-electron chi connectivity index (χ2n) is 0. The summed E-state index contributed by atoms with van der Waals surface area (Å²) < 4.78 is 0. The molecule has 6 heavy (non-hydrogen) atoms. The first kappa shape index (κ1) is 68.8. The molecule has 6 heteroatoms. The molecular formula is S4W2-8. The van der Waals surface area contributed by atoms with E-state index < -0.39 is 0 Å². The van der Waals surface area contributed by atoms with Crippen LogP contribution >= 0.6 is 0 Å². The average molecular weight is 496 g/mol. The van der Waals surface area contributed by atoms with E-state index in [9.17, 15) is 0 Å². The predicted octanol–water partition coefficient (Wildman–Crippen LogP) is -0.0146. The molecule has 0 aliphatic rings. The van der Waals surface area contributed by atoms with Crippen molar-refractivity contribution in [2.45, 2.75) is 0 Å². The molecule has 0 fully saturated rings. The van der Waals surface area contributed by atoms with E-state index in [1.807, 2.05) is 0 Å². The van der Waals surface area contributed by atoms with Crippen molar-refractivity contribution in [1.29, 1.82) is 0 Å². The van der Waals surface area contributed by atoms with Crippen molar-refractivity contribution in [2.24, 2.45) is 0 Å². The van der Waals surface area contributed by atoms with Crippen molar-refractivity contribution in [1.82, 2.24) is 0 Å². The molecule has 0 atom stereocenters. The molecule has 0 saturated carbocycles. The van der Waals surface area contributed by atoms with Crippen molar-refractivity contribution < 1.29 is 42.1 Å². The molecule has 0 aliphatic heterocycles. The quantitative estimate of drug-likeness (QED) is 0.443. The molecule has 0 aromatic heterocycles. The van der Waals surface area contributed by atoms with Gasteiger partial charge in [0.15, 0.2) is 0 Å². The number of hydrogen-bond donors (Lipinski definition) is 0. The normalized spacial score (nSPS) is 0. The summed E-state index contributed by atoms with van der Waals surface area (Å²) in [5.41, 5.74) is 0. The Hall–Kier alpha value is 2.78. The van der Waals surface area contributed by atoms with Gasteiger partial charge in [0, 0.05) is 42.1 Å². The van der Waals surface area contributed by atoms with Crippen molar-refractivity contribution in [2.75, 3.05) is 0 Å². The van der Waals surface area contributed by atoms with Crippen molar-refractivity contribution in [3.63, 3.8) is 0 Å². The van der Waals surface area contributed by atoms with Gasteiger partial charge in [-0.1, -0.05) is 0 Å². The Morgan fingerprint density at radius 2 is 0.333 bits per heavy atom. The van der Waals surface area contributed by atoms with E-state index in [0.29, 0.717) is 0 Å². The monoisotopic (exact) mass is 496 g/mol. The average Bonchev–Trinajstić information content (AvgIpc) is 0. The van der Waals surface area contributed by atoms with Gasteiger partial charge in [-0.15, -0.1) is 0 Å². The van der Waals surface area contributed by atoms with Gasteiger partial charge in [-0.25, -0.2) is 0 Å². The third kappa shape index (κ3) is 29.3. The van der Waals surface area contributed by atoms with E-state index >= 15 is 0 Å². The van der Waals surface area contributed by atoms with Gasteiger partial charge in [0.1, 0.15) is 0 Å². The Morgan fingerprint density at radius 3 is 0.333 bits per heavy atom. The van der Waals surface area contributed by atoms with Crippen LogP contribution in [0, 0.1) is 0 Å². The summed E-state index contributed by atoms with van der Waals surface area (Å²) >= 11 is 0. The minimum atomic E-state index is 0. The summed E-state index contributed by atoms with van der Waals surface area (Å²) in [5.74, 6) is 0. The molecule has 0 radical (unpaired) electrons. The van der Waals surface area contributed by atoms with Crippen molar-refractivity contribution in [3.05, 3.63) is 0 Å². The maximum absolute atomic E-state index is 0. The third-order valence-corrected chi connectivity index (χ3v) is 0. The Labute approximate surface area is 94.9 Å². The van der Waals surface area contributed by atoms with Gasteiger partial charge in [0.2, 0.25) is 0 Å². The zero-order chi connectivity index (χ0) is 0. The molecule has 0 bridgehead atoms. The van der Waals surface area contributed by atoms with Gasteiger partial charge in [-0.3, -0.25) is 0 Å². The molecule has 0 spiro atoms. The van der Waals surface area contributed by atoms with Crippen LogP contribution in [0.15, 0.2) is 0 Å². The van der Waals surface area contributed by atoms with Crippen molar-refractivity contribution >= 4 is 54.0 Å². The van der Waals surface area contributed by atoms with Crippen LogP contribution in [0.3, 0.4) is 0 Å². The van der Waals surface area contributed by atoms with Crippen molar-refractivity contribution in [3.8, 4) is 0 Å². The number of rotatable bonds is 0. The van der Waals surface area contributed by atoms with E-state index in [1.54, 1.807) is 0 Å². The molecule has 0 nitrogen and oxygen atoms in total. The van der Waals surface area contributed by atoms with Gasteiger partial charge in [-0.2, -0.15) is 0 Å². The predicted molar refractivity (Wildman–Crippen MR) is 29.5 cm³/mol. The van der Waals surface area contributed by atoms with E-state index in [0.717, 1.165) is 0 Å². The summed E-state index contributed by atoms with van der Waals surface area (Å²) in [4.78, 5) is 0. The van der Waals surface area contributed by atoms with Gasteiger partial charge < -0.3 is 54.0 Å². The van der Waals surface area contributed by atoms with E-state index in [1.165, 1.54) is 0 Å². The molecule has 0 heterocycles. The Balaban J connectivity index is 0. The molecule has 0 aromatic carbocycles. The zero-order valence-electron chi connectivity index (χ0n) is 2.45. The van der Waals surface area contributed by atoms with Crippen LogP contribution < -0.4 is 0 Å². The fraction of sp³-hybridized carbons (Fsp3) is 0. The van der Waals surface area contributed by atoms with E-state index in [4.69, 9.17) is 0 Å². The Bertz CT molecular complexity index is 5.51. The topological polar surface area (TPSA) is 0 Å². The standard InChI is InChI=1S/4S.2W/q4*-2;;. The first-order chi connectivity index (χ1) is 0. The zero-order valence-corrected chi connectivity index (χ0v) is 11.6. The summed E-state index contributed by atoms with van der Waals surface area (Å²) in [6.45, 7) is 0. The first-order valence-electron chi connectivity index (χ1n) is 0. The van der Waals surface area contributed by atoms with Gasteiger partial charge >= 0.3 is 0 Å². The van der Waals surface area contributed by atoms with Crippen LogP contribution in [0.25, 0.3) is 0 Å². The van der Waals surface area contributed by atoms with E-state index in [-0.39, 0.29) is 96.1 Å². The minimum absolute atomic E-state index is 0. The van der Waals surface area contributed by atoms with Crippen LogP contribution in [0.5, 0.6) is 0 Å². The molecule has 0 rings (SSSR count). The number of hydrogen-bond acceptors (Lipinski definition) is 0. The summed E-state index contributed by atoms with van der Waals surface area (Å²) in [6, 6.07) is 0. The molecule has 0 N–H and O–H groups in total. The molecule has 44 valence electrons. The van der Waals surface area contributed by atoms with Crippen LogP contribution in [0.1, 0.15) is 0 Å². The third-order valence-electron chi connectivity index (χ3n) is 0.